The number of amides is 1. The predicted octanol–water partition coefficient (Wildman–Crippen LogP) is 3.83. The van der Waals surface area contributed by atoms with Crippen LogP contribution in [0.25, 0.3) is 0 Å². The highest BCUT2D eigenvalue weighted by atomic mass is 16.2. The fourth-order valence-electron chi connectivity index (χ4n) is 6.02. The predicted molar refractivity (Wildman–Crippen MR) is 92.6 cm³/mol. The first-order valence-corrected chi connectivity index (χ1v) is 9.10. The molecule has 1 amide bonds. The summed E-state index contributed by atoms with van der Waals surface area (Å²) in [6, 6.07) is 7.86. The standard InChI is InChI=1S/C20H28N2O/c1-22(13-14-3-2-4-18(21)8-14)19(23)12-20-9-15-5-16(10-20)7-17(6-15)11-20/h2-4,8,15-17H,5-7,9-13,21H2,1H3. The number of nitrogens with two attached hydrogens (primary N) is 1. The van der Waals surface area contributed by atoms with Crippen molar-refractivity contribution in [3.05, 3.63) is 29.8 Å². The van der Waals surface area contributed by atoms with Crippen molar-refractivity contribution < 1.29 is 4.79 Å². The van der Waals surface area contributed by atoms with Crippen molar-refractivity contribution in [2.75, 3.05) is 12.8 Å². The number of rotatable bonds is 4. The normalized spacial score (nSPS) is 34.6. The average molecular weight is 312 g/mol. The molecule has 0 atom stereocenters. The number of nitrogen functional groups attached to an aromatic ring is 1. The Morgan fingerprint density at radius 1 is 1.17 bits per heavy atom. The quantitative estimate of drug-likeness (QED) is 0.859. The van der Waals surface area contributed by atoms with Gasteiger partial charge >= 0.3 is 0 Å². The third-order valence-electron chi connectivity index (χ3n) is 6.49. The molecule has 124 valence electrons. The molecule has 4 aliphatic carbocycles. The van der Waals surface area contributed by atoms with E-state index in [1.165, 1.54) is 38.5 Å². The Balaban J connectivity index is 1.41. The van der Waals surface area contributed by atoms with Gasteiger partial charge in [0.25, 0.3) is 0 Å². The average Bonchev–Trinajstić information content (AvgIpc) is 2.45. The van der Waals surface area contributed by atoms with E-state index in [9.17, 15) is 4.79 Å². The van der Waals surface area contributed by atoms with Gasteiger partial charge in [-0.2, -0.15) is 0 Å². The molecule has 0 radical (unpaired) electrons. The highest BCUT2D eigenvalue weighted by Gasteiger charge is 2.51. The van der Waals surface area contributed by atoms with Gasteiger partial charge in [0, 0.05) is 25.7 Å². The van der Waals surface area contributed by atoms with Crippen LogP contribution in [0.4, 0.5) is 5.69 Å². The van der Waals surface area contributed by atoms with Crippen LogP contribution in [-0.2, 0) is 11.3 Å². The maximum Gasteiger partial charge on any atom is 0.223 e. The maximum absolute atomic E-state index is 12.8. The lowest BCUT2D eigenvalue weighted by Crippen LogP contribution is -2.48. The minimum Gasteiger partial charge on any atom is -0.399 e. The highest BCUT2D eigenvalue weighted by molar-refractivity contribution is 5.76. The lowest BCUT2D eigenvalue weighted by molar-refractivity contribution is -0.138. The molecule has 0 spiro atoms. The van der Waals surface area contributed by atoms with Gasteiger partial charge in [0.05, 0.1) is 0 Å². The third kappa shape index (κ3) is 2.98. The summed E-state index contributed by atoms with van der Waals surface area (Å²) in [6.07, 6.45) is 8.98. The maximum atomic E-state index is 12.8. The van der Waals surface area contributed by atoms with Crippen molar-refractivity contribution in [3.8, 4) is 0 Å². The van der Waals surface area contributed by atoms with Gasteiger partial charge in [-0.1, -0.05) is 12.1 Å². The van der Waals surface area contributed by atoms with E-state index in [2.05, 4.69) is 0 Å². The summed E-state index contributed by atoms with van der Waals surface area (Å²) < 4.78 is 0. The van der Waals surface area contributed by atoms with Crippen molar-refractivity contribution in [2.45, 2.75) is 51.5 Å². The molecule has 0 saturated heterocycles. The van der Waals surface area contributed by atoms with E-state index in [0.717, 1.165) is 35.4 Å². The summed E-state index contributed by atoms with van der Waals surface area (Å²) in [7, 11) is 1.94. The summed E-state index contributed by atoms with van der Waals surface area (Å²) in [5.74, 6) is 3.05. The van der Waals surface area contributed by atoms with Crippen LogP contribution in [0, 0.1) is 23.2 Å². The minimum atomic E-state index is 0.314. The molecule has 2 N–H and O–H groups in total. The minimum absolute atomic E-state index is 0.314. The number of hydrogen-bond donors (Lipinski definition) is 1. The number of carbonyl (C=O) groups excluding carboxylic acids is 1. The van der Waals surface area contributed by atoms with Crippen molar-refractivity contribution in [2.24, 2.45) is 23.2 Å². The van der Waals surface area contributed by atoms with Crippen molar-refractivity contribution in [1.29, 1.82) is 0 Å². The van der Waals surface area contributed by atoms with Gasteiger partial charge in [-0.25, -0.2) is 0 Å². The van der Waals surface area contributed by atoms with E-state index in [-0.39, 0.29) is 0 Å². The molecule has 0 heterocycles. The second-order valence-electron chi connectivity index (χ2n) is 8.59. The molecular weight excluding hydrogens is 284 g/mol. The summed E-state index contributed by atoms with van der Waals surface area (Å²) in [5.41, 5.74) is 8.06. The fourth-order valence-corrected chi connectivity index (χ4v) is 6.02. The number of nitrogens with zero attached hydrogens (tertiary/aromatic N) is 1. The lowest BCUT2D eigenvalue weighted by atomic mass is 9.49. The Hall–Kier alpha value is -1.51. The van der Waals surface area contributed by atoms with E-state index >= 15 is 0 Å². The first-order valence-electron chi connectivity index (χ1n) is 9.10. The Morgan fingerprint density at radius 2 is 1.78 bits per heavy atom. The molecule has 4 fully saturated rings. The molecule has 3 heteroatoms. The molecule has 1 aromatic rings. The molecule has 3 nitrogen and oxygen atoms in total. The van der Waals surface area contributed by atoms with Crippen molar-refractivity contribution >= 4 is 11.6 Å². The Labute approximate surface area is 139 Å². The van der Waals surface area contributed by atoms with Gasteiger partial charge in [0.2, 0.25) is 5.91 Å². The van der Waals surface area contributed by atoms with E-state index in [1.807, 2.05) is 36.2 Å². The molecular formula is C20H28N2O. The van der Waals surface area contributed by atoms with E-state index in [1.54, 1.807) is 0 Å². The first-order chi connectivity index (χ1) is 11.0. The topological polar surface area (TPSA) is 46.3 Å². The summed E-state index contributed by atoms with van der Waals surface area (Å²) in [6.45, 7) is 0.663. The van der Waals surface area contributed by atoms with Gasteiger partial charge in [-0.15, -0.1) is 0 Å². The molecule has 0 aromatic heterocycles. The molecule has 5 rings (SSSR count). The molecule has 4 saturated carbocycles. The monoisotopic (exact) mass is 312 g/mol. The Kier molecular flexibility index (Phi) is 3.62. The van der Waals surface area contributed by atoms with Crippen molar-refractivity contribution in [3.63, 3.8) is 0 Å². The van der Waals surface area contributed by atoms with Crippen LogP contribution in [0.15, 0.2) is 24.3 Å². The molecule has 1 aromatic carbocycles. The number of carbonyl (C=O) groups is 1. The van der Waals surface area contributed by atoms with E-state index in [4.69, 9.17) is 5.73 Å². The summed E-state index contributed by atoms with van der Waals surface area (Å²) in [4.78, 5) is 14.7. The molecule has 4 bridgehead atoms. The van der Waals surface area contributed by atoms with Crippen LogP contribution < -0.4 is 5.73 Å². The first kappa shape index (κ1) is 15.0. The zero-order chi connectivity index (χ0) is 16.0. The zero-order valence-electron chi connectivity index (χ0n) is 14.1. The second kappa shape index (κ2) is 5.54. The van der Waals surface area contributed by atoms with Crippen LogP contribution in [-0.4, -0.2) is 17.9 Å². The van der Waals surface area contributed by atoms with Crippen LogP contribution in [0.1, 0.15) is 50.5 Å². The van der Waals surface area contributed by atoms with Gasteiger partial charge in [-0.3, -0.25) is 4.79 Å². The Morgan fingerprint density at radius 3 is 2.35 bits per heavy atom. The smallest absolute Gasteiger partial charge is 0.223 e. The SMILES string of the molecule is CN(Cc1cccc(N)c1)C(=O)CC12CC3CC(CC(C3)C1)C2. The molecule has 0 unspecified atom stereocenters. The lowest BCUT2D eigenvalue weighted by Gasteiger charge is -2.56. The number of benzene rings is 1. The fraction of sp³-hybridized carbons (Fsp3) is 0.650. The van der Waals surface area contributed by atoms with Crippen LogP contribution in [0.3, 0.4) is 0 Å². The van der Waals surface area contributed by atoms with Gasteiger partial charge in [0.15, 0.2) is 0 Å². The van der Waals surface area contributed by atoms with Gasteiger partial charge in [-0.05, 0) is 79.4 Å². The number of hydrogen-bond acceptors (Lipinski definition) is 2. The van der Waals surface area contributed by atoms with Crippen molar-refractivity contribution in [1.82, 2.24) is 4.90 Å². The van der Waals surface area contributed by atoms with Crippen LogP contribution in [0.2, 0.25) is 0 Å². The molecule has 4 aliphatic rings. The zero-order valence-corrected chi connectivity index (χ0v) is 14.1. The number of anilines is 1. The van der Waals surface area contributed by atoms with Gasteiger partial charge < -0.3 is 10.6 Å². The second-order valence-corrected chi connectivity index (χ2v) is 8.59. The van der Waals surface area contributed by atoms with E-state index in [0.29, 0.717) is 17.9 Å². The van der Waals surface area contributed by atoms with Crippen LogP contribution in [0.5, 0.6) is 0 Å². The highest BCUT2D eigenvalue weighted by Crippen LogP contribution is 2.61. The van der Waals surface area contributed by atoms with Gasteiger partial charge in [0.1, 0.15) is 0 Å². The molecule has 0 aliphatic heterocycles. The largest absolute Gasteiger partial charge is 0.399 e. The summed E-state index contributed by atoms with van der Waals surface area (Å²) in [5, 5.41) is 0. The van der Waals surface area contributed by atoms with Crippen LogP contribution >= 0.6 is 0 Å². The Bertz CT molecular complexity index is 574. The summed E-state index contributed by atoms with van der Waals surface area (Å²) >= 11 is 0. The third-order valence-corrected chi connectivity index (χ3v) is 6.49. The van der Waals surface area contributed by atoms with E-state index < -0.39 is 0 Å². The molecule has 23 heavy (non-hydrogen) atoms.